The van der Waals surface area contributed by atoms with E-state index in [4.69, 9.17) is 5.73 Å². The lowest BCUT2D eigenvalue weighted by atomic mass is 10.1. The fraction of sp³-hybridized carbons (Fsp3) is 0.400. The molecule has 1 heterocycles. The third kappa shape index (κ3) is 2.31. The molecular weight excluding hydrogens is 222 g/mol. The van der Waals surface area contributed by atoms with E-state index in [1.165, 1.54) is 23.2 Å². The lowest BCUT2D eigenvalue weighted by molar-refractivity contribution is 0.798. The fourth-order valence-corrected chi connectivity index (χ4v) is 2.40. The molecule has 96 valence electrons. The van der Waals surface area contributed by atoms with Gasteiger partial charge in [-0.3, -0.25) is 0 Å². The number of hydrogen-bond acceptors (Lipinski definition) is 2. The minimum Gasteiger partial charge on any atom is -0.330 e. The lowest BCUT2D eigenvalue weighted by Gasteiger charge is -2.07. The highest BCUT2D eigenvalue weighted by Crippen LogP contribution is 2.24. The van der Waals surface area contributed by atoms with Crippen LogP contribution >= 0.6 is 0 Å². The smallest absolute Gasteiger partial charge is 0.122 e. The Morgan fingerprint density at radius 3 is 2.39 bits per heavy atom. The van der Waals surface area contributed by atoms with E-state index in [1.54, 1.807) is 0 Å². The average molecular weight is 243 g/mol. The van der Waals surface area contributed by atoms with Gasteiger partial charge in [0.1, 0.15) is 5.82 Å². The summed E-state index contributed by atoms with van der Waals surface area (Å²) in [5.41, 5.74) is 10.5. The maximum Gasteiger partial charge on any atom is 0.122 e. The Bertz CT molecular complexity index is 523. The average Bonchev–Trinajstić information content (AvgIpc) is 2.66. The van der Waals surface area contributed by atoms with Crippen LogP contribution in [-0.4, -0.2) is 9.55 Å². The van der Waals surface area contributed by atoms with Crippen LogP contribution in [0.25, 0.3) is 11.3 Å². The molecule has 0 unspecified atom stereocenters. The number of nitrogens with zero attached hydrogens (tertiary/aromatic N) is 2. The molecule has 3 nitrogen and oxygen atoms in total. The first kappa shape index (κ1) is 12.8. The fourth-order valence-electron chi connectivity index (χ4n) is 2.40. The van der Waals surface area contributed by atoms with Crippen molar-refractivity contribution in [3.05, 3.63) is 41.3 Å². The van der Waals surface area contributed by atoms with E-state index in [0.717, 1.165) is 17.9 Å². The van der Waals surface area contributed by atoms with Crippen LogP contribution in [0.4, 0.5) is 0 Å². The van der Waals surface area contributed by atoms with Crippen molar-refractivity contribution in [1.82, 2.24) is 9.55 Å². The van der Waals surface area contributed by atoms with Crippen LogP contribution in [0.5, 0.6) is 0 Å². The highest BCUT2D eigenvalue weighted by Gasteiger charge is 2.11. The summed E-state index contributed by atoms with van der Waals surface area (Å²) < 4.78 is 2.09. The Labute approximate surface area is 109 Å². The van der Waals surface area contributed by atoms with Crippen LogP contribution < -0.4 is 5.73 Å². The van der Waals surface area contributed by atoms with E-state index in [1.807, 2.05) is 14.0 Å². The first-order valence-corrected chi connectivity index (χ1v) is 6.49. The second kappa shape index (κ2) is 5.36. The molecule has 2 aromatic rings. The first-order chi connectivity index (χ1) is 8.67. The first-order valence-electron chi connectivity index (χ1n) is 6.49. The van der Waals surface area contributed by atoms with Gasteiger partial charge in [0.15, 0.2) is 0 Å². The van der Waals surface area contributed by atoms with Crippen molar-refractivity contribution in [3.8, 4) is 11.3 Å². The minimum atomic E-state index is 0.477. The highest BCUT2D eigenvalue weighted by atomic mass is 15.1. The van der Waals surface area contributed by atoms with Gasteiger partial charge in [-0.1, -0.05) is 37.6 Å². The molecule has 0 saturated carbocycles. The summed E-state index contributed by atoms with van der Waals surface area (Å²) in [6.45, 7) is 4.71. The van der Waals surface area contributed by atoms with Crippen LogP contribution in [0.2, 0.25) is 0 Å². The third-order valence-corrected chi connectivity index (χ3v) is 3.31. The van der Waals surface area contributed by atoms with Crippen LogP contribution in [0.1, 0.15) is 30.4 Å². The Morgan fingerprint density at radius 1 is 1.22 bits per heavy atom. The number of aryl methyl sites for hydroxylation is 2. The van der Waals surface area contributed by atoms with Crippen LogP contribution in [0, 0.1) is 6.92 Å². The SMILES string of the molecule is CCCc1ccc(-c2c(C)nc(CN)n2C)cc1. The van der Waals surface area contributed by atoms with E-state index >= 15 is 0 Å². The van der Waals surface area contributed by atoms with E-state index in [-0.39, 0.29) is 0 Å². The second-order valence-corrected chi connectivity index (χ2v) is 4.67. The van der Waals surface area contributed by atoms with Crippen molar-refractivity contribution in [2.45, 2.75) is 33.2 Å². The van der Waals surface area contributed by atoms with E-state index in [2.05, 4.69) is 40.7 Å². The summed E-state index contributed by atoms with van der Waals surface area (Å²) in [4.78, 5) is 4.50. The maximum absolute atomic E-state index is 5.69. The molecule has 0 saturated heterocycles. The van der Waals surface area contributed by atoms with Crippen molar-refractivity contribution in [2.24, 2.45) is 12.8 Å². The quantitative estimate of drug-likeness (QED) is 0.897. The van der Waals surface area contributed by atoms with Crippen LogP contribution in [0.15, 0.2) is 24.3 Å². The van der Waals surface area contributed by atoms with Gasteiger partial charge in [-0.25, -0.2) is 4.98 Å². The molecule has 2 N–H and O–H groups in total. The number of rotatable bonds is 4. The largest absolute Gasteiger partial charge is 0.330 e. The van der Waals surface area contributed by atoms with Crippen LogP contribution in [0.3, 0.4) is 0 Å². The van der Waals surface area contributed by atoms with Crippen molar-refractivity contribution in [2.75, 3.05) is 0 Å². The molecule has 1 aromatic heterocycles. The Kier molecular flexibility index (Phi) is 3.82. The molecule has 0 aliphatic carbocycles. The molecular formula is C15H21N3. The van der Waals surface area contributed by atoms with Crippen molar-refractivity contribution in [1.29, 1.82) is 0 Å². The monoisotopic (exact) mass is 243 g/mol. The Hall–Kier alpha value is -1.61. The molecule has 2 rings (SSSR count). The van der Waals surface area contributed by atoms with Gasteiger partial charge in [-0.15, -0.1) is 0 Å². The topological polar surface area (TPSA) is 43.8 Å². The Balaban J connectivity index is 2.39. The van der Waals surface area contributed by atoms with Crippen molar-refractivity contribution >= 4 is 0 Å². The van der Waals surface area contributed by atoms with Gasteiger partial charge in [0.25, 0.3) is 0 Å². The molecule has 0 aliphatic heterocycles. The number of benzene rings is 1. The zero-order valence-electron chi connectivity index (χ0n) is 11.4. The standard InChI is InChI=1S/C15H21N3/c1-4-5-12-6-8-13(9-7-12)15-11(2)17-14(10-16)18(15)3/h6-9H,4-5,10,16H2,1-3H3. The zero-order chi connectivity index (χ0) is 13.1. The summed E-state index contributed by atoms with van der Waals surface area (Å²) in [5, 5.41) is 0. The molecule has 0 bridgehead atoms. The Morgan fingerprint density at radius 2 is 1.89 bits per heavy atom. The summed E-state index contributed by atoms with van der Waals surface area (Å²) >= 11 is 0. The molecule has 1 aromatic carbocycles. The van der Waals surface area contributed by atoms with Gasteiger partial charge >= 0.3 is 0 Å². The third-order valence-electron chi connectivity index (χ3n) is 3.31. The molecule has 0 atom stereocenters. The second-order valence-electron chi connectivity index (χ2n) is 4.67. The predicted octanol–water partition coefficient (Wildman–Crippen LogP) is 2.81. The summed E-state index contributed by atoms with van der Waals surface area (Å²) in [6, 6.07) is 8.76. The summed E-state index contributed by atoms with van der Waals surface area (Å²) in [7, 11) is 2.03. The highest BCUT2D eigenvalue weighted by molar-refractivity contribution is 5.63. The van der Waals surface area contributed by atoms with Gasteiger partial charge < -0.3 is 10.3 Å². The van der Waals surface area contributed by atoms with Gasteiger partial charge in [0.05, 0.1) is 17.9 Å². The molecule has 18 heavy (non-hydrogen) atoms. The van der Waals surface area contributed by atoms with Gasteiger partial charge in [0.2, 0.25) is 0 Å². The number of aromatic nitrogens is 2. The number of hydrogen-bond donors (Lipinski definition) is 1. The van der Waals surface area contributed by atoms with E-state index in [0.29, 0.717) is 6.54 Å². The van der Waals surface area contributed by atoms with Gasteiger partial charge in [-0.2, -0.15) is 0 Å². The molecule has 3 heteroatoms. The van der Waals surface area contributed by atoms with Gasteiger partial charge in [-0.05, 0) is 18.9 Å². The van der Waals surface area contributed by atoms with Crippen molar-refractivity contribution < 1.29 is 0 Å². The molecule has 0 fully saturated rings. The summed E-state index contributed by atoms with van der Waals surface area (Å²) in [6.07, 6.45) is 2.32. The zero-order valence-corrected chi connectivity index (χ0v) is 11.4. The number of imidazole rings is 1. The van der Waals surface area contributed by atoms with E-state index < -0.39 is 0 Å². The lowest BCUT2D eigenvalue weighted by Crippen LogP contribution is -2.05. The minimum absolute atomic E-state index is 0.477. The van der Waals surface area contributed by atoms with Gasteiger partial charge in [0, 0.05) is 12.6 Å². The summed E-state index contributed by atoms with van der Waals surface area (Å²) in [5.74, 6) is 0.931. The normalized spacial score (nSPS) is 10.9. The predicted molar refractivity (Wildman–Crippen MR) is 75.3 cm³/mol. The molecule has 0 amide bonds. The molecule has 0 aliphatic rings. The van der Waals surface area contributed by atoms with E-state index in [9.17, 15) is 0 Å². The number of nitrogens with two attached hydrogens (primary N) is 1. The maximum atomic E-state index is 5.69. The van der Waals surface area contributed by atoms with Crippen LogP contribution in [-0.2, 0) is 20.0 Å². The molecule has 0 spiro atoms. The molecule has 0 radical (unpaired) electrons. The van der Waals surface area contributed by atoms with Crippen molar-refractivity contribution in [3.63, 3.8) is 0 Å².